The Bertz CT molecular complexity index is 262. The van der Waals surface area contributed by atoms with Crippen molar-refractivity contribution >= 4 is 5.97 Å². The summed E-state index contributed by atoms with van der Waals surface area (Å²) in [4.78, 5) is 11.5. The van der Waals surface area contributed by atoms with E-state index in [-0.39, 0.29) is 0 Å². The van der Waals surface area contributed by atoms with Gasteiger partial charge < -0.3 is 15.3 Å². The number of rotatable bonds is 2. The molecule has 0 radical (unpaired) electrons. The Hall–Kier alpha value is -0.820. The molecule has 0 amide bonds. The minimum atomic E-state index is -5.08. The van der Waals surface area contributed by atoms with E-state index in [4.69, 9.17) is 9.90 Å². The molecule has 2 saturated heterocycles. The van der Waals surface area contributed by atoms with E-state index in [1.54, 1.807) is 0 Å². The van der Waals surface area contributed by atoms with Crippen LogP contribution in [-0.4, -0.2) is 54.9 Å². The summed E-state index contributed by atoms with van der Waals surface area (Å²) in [7, 11) is 0. The number of piperidine rings is 1. The summed E-state index contributed by atoms with van der Waals surface area (Å²) in [5, 5.41) is 10.4. The van der Waals surface area contributed by atoms with Crippen LogP contribution in [0.15, 0.2) is 0 Å². The molecule has 0 saturated carbocycles. The van der Waals surface area contributed by atoms with Gasteiger partial charge >= 0.3 is 12.1 Å². The first-order valence-corrected chi connectivity index (χ1v) is 6.13. The molecule has 2 rings (SSSR count). The van der Waals surface area contributed by atoms with E-state index in [0.717, 1.165) is 5.92 Å². The lowest BCUT2D eigenvalue weighted by atomic mass is 10.0. The summed E-state index contributed by atoms with van der Waals surface area (Å²) < 4.78 is 31.7. The van der Waals surface area contributed by atoms with Crippen molar-refractivity contribution in [3.63, 3.8) is 0 Å². The summed E-state index contributed by atoms with van der Waals surface area (Å²) in [6.45, 7) is 6.59. The number of hydrogen-bond acceptors (Lipinski definition) is 3. The fourth-order valence-corrected chi connectivity index (χ4v) is 1.98. The Kier molecular flexibility index (Phi) is 5.87. The largest absolute Gasteiger partial charge is 0.490 e. The second-order valence-electron chi connectivity index (χ2n) is 4.69. The number of aliphatic carboxylic acids is 1. The van der Waals surface area contributed by atoms with Gasteiger partial charge in [0.05, 0.1) is 0 Å². The Morgan fingerprint density at radius 1 is 1.22 bits per heavy atom. The van der Waals surface area contributed by atoms with E-state index in [2.05, 4.69) is 10.2 Å². The van der Waals surface area contributed by atoms with Gasteiger partial charge in [0.15, 0.2) is 0 Å². The monoisotopic (exact) mass is 268 g/mol. The quantitative estimate of drug-likeness (QED) is 0.793. The van der Waals surface area contributed by atoms with E-state index in [1.807, 2.05) is 0 Å². The number of carboxylic acid groups (broad SMARTS) is 1. The molecule has 0 spiro atoms. The second-order valence-corrected chi connectivity index (χ2v) is 4.69. The van der Waals surface area contributed by atoms with Gasteiger partial charge in [-0.3, -0.25) is 0 Å². The SMILES string of the molecule is C1CCN(CC2CNC2)CC1.O=C(O)C(F)(F)F. The van der Waals surface area contributed by atoms with Crippen LogP contribution in [-0.2, 0) is 4.79 Å². The van der Waals surface area contributed by atoms with E-state index >= 15 is 0 Å². The average Bonchev–Trinajstić information content (AvgIpc) is 2.25. The molecule has 0 aromatic rings. The van der Waals surface area contributed by atoms with Gasteiger partial charge in [-0.25, -0.2) is 4.79 Å². The number of halogens is 3. The number of likely N-dealkylation sites (tertiary alicyclic amines) is 1. The van der Waals surface area contributed by atoms with Crippen LogP contribution in [0.3, 0.4) is 0 Å². The van der Waals surface area contributed by atoms with Crippen molar-refractivity contribution in [1.29, 1.82) is 0 Å². The van der Waals surface area contributed by atoms with Gasteiger partial charge in [-0.15, -0.1) is 0 Å². The van der Waals surface area contributed by atoms with Crippen LogP contribution in [0.25, 0.3) is 0 Å². The molecule has 0 unspecified atom stereocenters. The van der Waals surface area contributed by atoms with Gasteiger partial charge in [-0.05, 0) is 31.8 Å². The predicted molar refractivity (Wildman–Crippen MR) is 60.3 cm³/mol. The molecule has 18 heavy (non-hydrogen) atoms. The summed E-state index contributed by atoms with van der Waals surface area (Å²) in [5.41, 5.74) is 0. The Labute approximate surface area is 104 Å². The zero-order valence-electron chi connectivity index (χ0n) is 10.2. The normalized spacial score (nSPS) is 21.7. The second kappa shape index (κ2) is 6.94. The molecule has 0 aliphatic carbocycles. The molecule has 2 fully saturated rings. The highest BCUT2D eigenvalue weighted by molar-refractivity contribution is 5.73. The number of hydrogen-bond donors (Lipinski definition) is 2. The smallest absolute Gasteiger partial charge is 0.475 e. The average molecular weight is 268 g/mol. The minimum Gasteiger partial charge on any atom is -0.475 e. The molecule has 7 heteroatoms. The highest BCUT2D eigenvalue weighted by atomic mass is 19.4. The van der Waals surface area contributed by atoms with Crippen LogP contribution < -0.4 is 5.32 Å². The molecular weight excluding hydrogens is 249 g/mol. The molecule has 0 aromatic heterocycles. The third kappa shape index (κ3) is 5.68. The van der Waals surface area contributed by atoms with Crippen LogP contribution in [0.2, 0.25) is 0 Å². The van der Waals surface area contributed by atoms with Crippen LogP contribution in [0, 0.1) is 5.92 Å². The number of nitrogens with zero attached hydrogens (tertiary/aromatic N) is 1. The Morgan fingerprint density at radius 3 is 2.06 bits per heavy atom. The molecule has 106 valence electrons. The lowest BCUT2D eigenvalue weighted by molar-refractivity contribution is -0.192. The van der Waals surface area contributed by atoms with Crippen molar-refractivity contribution in [2.45, 2.75) is 25.4 Å². The fraction of sp³-hybridized carbons (Fsp3) is 0.909. The lowest BCUT2D eigenvalue weighted by Crippen LogP contribution is -2.49. The van der Waals surface area contributed by atoms with Crippen LogP contribution in [0.4, 0.5) is 13.2 Å². The number of alkyl halides is 3. The molecule has 0 bridgehead atoms. The van der Waals surface area contributed by atoms with Gasteiger partial charge in [0.1, 0.15) is 0 Å². The van der Waals surface area contributed by atoms with Crippen LogP contribution in [0.1, 0.15) is 19.3 Å². The number of nitrogens with one attached hydrogen (secondary N) is 1. The lowest BCUT2D eigenvalue weighted by Gasteiger charge is -2.35. The molecule has 0 atom stereocenters. The van der Waals surface area contributed by atoms with Crippen molar-refractivity contribution in [1.82, 2.24) is 10.2 Å². The van der Waals surface area contributed by atoms with Gasteiger partial charge in [0, 0.05) is 19.6 Å². The molecule has 2 N–H and O–H groups in total. The predicted octanol–water partition coefficient (Wildman–Crippen LogP) is 1.32. The Balaban J connectivity index is 0.000000203. The van der Waals surface area contributed by atoms with Crippen molar-refractivity contribution in [3.8, 4) is 0 Å². The van der Waals surface area contributed by atoms with Gasteiger partial charge in [0.2, 0.25) is 0 Å². The maximum atomic E-state index is 10.6. The van der Waals surface area contributed by atoms with Gasteiger partial charge in [0.25, 0.3) is 0 Å². The summed E-state index contributed by atoms with van der Waals surface area (Å²) in [6, 6.07) is 0. The van der Waals surface area contributed by atoms with E-state index in [1.165, 1.54) is 52.0 Å². The first-order valence-electron chi connectivity index (χ1n) is 6.13. The topological polar surface area (TPSA) is 52.6 Å². The van der Waals surface area contributed by atoms with E-state index in [0.29, 0.717) is 0 Å². The third-order valence-electron chi connectivity index (χ3n) is 3.07. The van der Waals surface area contributed by atoms with Crippen molar-refractivity contribution < 1.29 is 23.1 Å². The number of carboxylic acids is 1. The molecule has 4 nitrogen and oxygen atoms in total. The summed E-state index contributed by atoms with van der Waals surface area (Å²) >= 11 is 0. The van der Waals surface area contributed by atoms with Crippen LogP contribution >= 0.6 is 0 Å². The van der Waals surface area contributed by atoms with E-state index in [9.17, 15) is 13.2 Å². The summed E-state index contributed by atoms with van der Waals surface area (Å²) in [5.74, 6) is -1.79. The summed E-state index contributed by atoms with van der Waals surface area (Å²) in [6.07, 6.45) is -0.764. The highest BCUT2D eigenvalue weighted by Crippen LogP contribution is 2.13. The van der Waals surface area contributed by atoms with Gasteiger partial charge in [-0.1, -0.05) is 6.42 Å². The third-order valence-corrected chi connectivity index (χ3v) is 3.07. The fourth-order valence-electron chi connectivity index (χ4n) is 1.98. The molecular formula is C11H19F3N2O2. The first kappa shape index (κ1) is 15.2. The zero-order valence-corrected chi connectivity index (χ0v) is 10.2. The maximum Gasteiger partial charge on any atom is 0.490 e. The van der Waals surface area contributed by atoms with Crippen molar-refractivity contribution in [3.05, 3.63) is 0 Å². The zero-order chi connectivity index (χ0) is 13.6. The highest BCUT2D eigenvalue weighted by Gasteiger charge is 2.38. The minimum absolute atomic E-state index is 0.966. The van der Waals surface area contributed by atoms with Gasteiger partial charge in [-0.2, -0.15) is 13.2 Å². The maximum absolute atomic E-state index is 10.6. The van der Waals surface area contributed by atoms with Crippen LogP contribution in [0.5, 0.6) is 0 Å². The molecule has 2 heterocycles. The first-order chi connectivity index (χ1) is 8.39. The molecule has 0 aromatic carbocycles. The Morgan fingerprint density at radius 2 is 1.72 bits per heavy atom. The molecule has 2 aliphatic rings. The molecule has 2 aliphatic heterocycles. The van der Waals surface area contributed by atoms with Crippen molar-refractivity contribution in [2.24, 2.45) is 5.92 Å². The standard InChI is InChI=1S/C9H18N2.C2HF3O2/c1-2-4-11(5-3-1)8-9-6-10-7-9;3-2(4,5)1(6)7/h9-10H,1-8H2;(H,6,7). The number of carbonyl (C=O) groups is 1. The van der Waals surface area contributed by atoms with E-state index < -0.39 is 12.1 Å². The van der Waals surface area contributed by atoms with Crippen molar-refractivity contribution in [2.75, 3.05) is 32.7 Å².